The molecule has 0 aliphatic heterocycles. The van der Waals surface area contributed by atoms with Crippen LogP contribution in [0.5, 0.6) is 0 Å². The molecular weight excluding hydrogens is 491 g/mol. The smallest absolute Gasteiger partial charge is 0.481 e. The molecule has 3 aromatic rings. The molecule has 3 N–H and O–H groups in total. The first-order valence-corrected chi connectivity index (χ1v) is 12.4. The van der Waals surface area contributed by atoms with Crippen molar-refractivity contribution < 1.29 is 33.3 Å². The van der Waals surface area contributed by atoms with E-state index in [1.807, 2.05) is 46.8 Å². The van der Waals surface area contributed by atoms with Gasteiger partial charge in [0.05, 0.1) is 18.1 Å². The second-order valence-corrected chi connectivity index (χ2v) is 11.0. The fraction of sp³-hybridized carbons (Fsp3) is 0.400. The van der Waals surface area contributed by atoms with Crippen LogP contribution in [0.2, 0.25) is 0 Å². The first-order valence-electron chi connectivity index (χ1n) is 12.4. The van der Waals surface area contributed by atoms with Crippen molar-refractivity contribution in [2.75, 3.05) is 0 Å². The van der Waals surface area contributed by atoms with Gasteiger partial charge in [0.1, 0.15) is 5.82 Å². The Morgan fingerprint density at radius 2 is 1.76 bits per heavy atom. The number of benzene rings is 2. The van der Waals surface area contributed by atoms with Crippen LogP contribution in [-0.4, -0.2) is 33.0 Å². The summed E-state index contributed by atoms with van der Waals surface area (Å²) in [6, 6.07) is 8.78. The van der Waals surface area contributed by atoms with E-state index in [0.29, 0.717) is 5.56 Å². The summed E-state index contributed by atoms with van der Waals surface area (Å²) in [7, 11) is 0. The van der Waals surface area contributed by atoms with Crippen LogP contribution in [-0.2, 0) is 16.6 Å². The molecule has 204 valence electrons. The van der Waals surface area contributed by atoms with E-state index in [1.165, 1.54) is 12.1 Å². The van der Waals surface area contributed by atoms with Gasteiger partial charge in [-0.15, -0.1) is 0 Å². The molecule has 38 heavy (non-hydrogen) atoms. The van der Waals surface area contributed by atoms with Gasteiger partial charge in [-0.1, -0.05) is 56.7 Å². The standard InChI is InChI=1S/C30H35FO7/c1-17-11-18(2)22(23(12-17)20-7-8-24(31)19(3)13-20)9-10-30(36,15-21(32)14-26(33)34)16-25-27(29(4,5)6)38-28(35)37-25/h7-13,21,32,36H,14-16H2,1-6H3,(H,33,34)/b10-9+/t21-,30-/m0/s1. The highest BCUT2D eigenvalue weighted by Gasteiger charge is 2.35. The lowest BCUT2D eigenvalue weighted by atomic mass is 9.84. The Kier molecular flexibility index (Phi) is 8.48. The largest absolute Gasteiger partial charge is 0.519 e. The maximum Gasteiger partial charge on any atom is 0.519 e. The third-order valence-corrected chi connectivity index (χ3v) is 6.35. The fourth-order valence-corrected chi connectivity index (χ4v) is 4.64. The number of aliphatic carboxylic acids is 1. The molecule has 8 heteroatoms. The fourth-order valence-electron chi connectivity index (χ4n) is 4.64. The van der Waals surface area contributed by atoms with Crippen molar-refractivity contribution in [3.63, 3.8) is 0 Å². The van der Waals surface area contributed by atoms with E-state index in [9.17, 15) is 24.2 Å². The third-order valence-electron chi connectivity index (χ3n) is 6.35. The summed E-state index contributed by atoms with van der Waals surface area (Å²) in [5.41, 5.74) is 2.37. The number of hydrogen-bond donors (Lipinski definition) is 3. The Morgan fingerprint density at radius 1 is 1.08 bits per heavy atom. The maximum atomic E-state index is 14.0. The van der Waals surface area contributed by atoms with E-state index >= 15 is 0 Å². The van der Waals surface area contributed by atoms with Crippen molar-refractivity contribution in [2.45, 2.75) is 77.9 Å². The predicted molar refractivity (Wildman–Crippen MR) is 143 cm³/mol. The average molecular weight is 527 g/mol. The normalized spacial score (nSPS) is 14.6. The molecule has 0 saturated carbocycles. The van der Waals surface area contributed by atoms with Crippen LogP contribution in [0.25, 0.3) is 17.2 Å². The number of carboxylic acids is 1. The first-order chi connectivity index (χ1) is 17.6. The molecule has 2 atom stereocenters. The third kappa shape index (κ3) is 7.08. The summed E-state index contributed by atoms with van der Waals surface area (Å²) < 4.78 is 24.5. The van der Waals surface area contributed by atoms with Crippen molar-refractivity contribution in [1.82, 2.24) is 0 Å². The second kappa shape index (κ2) is 11.1. The van der Waals surface area contributed by atoms with E-state index < -0.39 is 35.3 Å². The molecular formula is C30H35FO7. The molecule has 0 fully saturated rings. The topological polar surface area (TPSA) is 121 Å². The number of carbonyl (C=O) groups is 1. The van der Waals surface area contributed by atoms with Crippen LogP contribution >= 0.6 is 0 Å². The average Bonchev–Trinajstić information content (AvgIpc) is 3.14. The van der Waals surface area contributed by atoms with E-state index in [1.54, 1.807) is 25.1 Å². The Hall–Kier alpha value is -3.49. The van der Waals surface area contributed by atoms with Crippen LogP contribution in [0.4, 0.5) is 4.39 Å². The van der Waals surface area contributed by atoms with Gasteiger partial charge in [0.15, 0.2) is 11.5 Å². The van der Waals surface area contributed by atoms with Gasteiger partial charge in [-0.25, -0.2) is 9.18 Å². The Labute approximate surface area is 221 Å². The van der Waals surface area contributed by atoms with Gasteiger partial charge in [0.25, 0.3) is 0 Å². The molecule has 0 spiro atoms. The highest BCUT2D eigenvalue weighted by molar-refractivity contribution is 5.78. The molecule has 3 rings (SSSR count). The molecule has 1 heterocycles. The summed E-state index contributed by atoms with van der Waals surface area (Å²) in [6.45, 7) is 11.0. The summed E-state index contributed by atoms with van der Waals surface area (Å²) >= 11 is 0. The van der Waals surface area contributed by atoms with Crippen LogP contribution in [0.15, 0.2) is 50.0 Å². The number of halogens is 1. The number of aliphatic hydroxyl groups is 2. The Bertz CT molecular complexity index is 1410. The molecule has 0 amide bonds. The lowest BCUT2D eigenvalue weighted by Crippen LogP contribution is -2.35. The van der Waals surface area contributed by atoms with Gasteiger partial charge in [0.2, 0.25) is 0 Å². The van der Waals surface area contributed by atoms with Crippen LogP contribution in [0, 0.1) is 26.6 Å². The van der Waals surface area contributed by atoms with Gasteiger partial charge in [-0.05, 0) is 60.7 Å². The lowest BCUT2D eigenvalue weighted by molar-refractivity contribution is -0.139. The molecule has 0 aliphatic carbocycles. The molecule has 0 bridgehead atoms. The van der Waals surface area contributed by atoms with Gasteiger partial charge in [0, 0.05) is 18.3 Å². The van der Waals surface area contributed by atoms with Crippen molar-refractivity contribution >= 4 is 12.0 Å². The minimum Gasteiger partial charge on any atom is -0.481 e. The predicted octanol–water partition coefficient (Wildman–Crippen LogP) is 5.47. The van der Waals surface area contributed by atoms with Crippen LogP contribution < -0.4 is 5.82 Å². The lowest BCUT2D eigenvalue weighted by Gasteiger charge is -2.27. The molecule has 1 aromatic heterocycles. The zero-order chi connectivity index (χ0) is 28.4. The number of aliphatic hydroxyl groups excluding tert-OH is 1. The van der Waals surface area contributed by atoms with Crippen molar-refractivity contribution in [3.05, 3.63) is 86.6 Å². The minimum absolute atomic E-state index is 0.118. The van der Waals surface area contributed by atoms with Crippen molar-refractivity contribution in [1.29, 1.82) is 0 Å². The van der Waals surface area contributed by atoms with E-state index in [0.717, 1.165) is 27.8 Å². The van der Waals surface area contributed by atoms with Gasteiger partial charge in [-0.3, -0.25) is 4.79 Å². The summed E-state index contributed by atoms with van der Waals surface area (Å²) in [6.07, 6.45) is 0.692. The quantitative estimate of drug-likeness (QED) is 0.338. The number of carboxylic acid groups (broad SMARTS) is 1. The highest BCUT2D eigenvalue weighted by atomic mass is 19.1. The molecule has 0 aliphatic rings. The summed E-state index contributed by atoms with van der Waals surface area (Å²) in [4.78, 5) is 23.1. The molecule has 0 radical (unpaired) electrons. The summed E-state index contributed by atoms with van der Waals surface area (Å²) in [5.74, 6) is -2.06. The number of hydrogen-bond acceptors (Lipinski definition) is 6. The summed E-state index contributed by atoms with van der Waals surface area (Å²) in [5, 5.41) is 31.3. The van der Waals surface area contributed by atoms with Crippen molar-refractivity contribution in [3.8, 4) is 11.1 Å². The van der Waals surface area contributed by atoms with Crippen LogP contribution in [0.1, 0.15) is 67.4 Å². The number of aryl methyl sites for hydroxylation is 3. The Morgan fingerprint density at radius 3 is 2.37 bits per heavy atom. The number of rotatable bonds is 9. The minimum atomic E-state index is -1.79. The van der Waals surface area contributed by atoms with E-state index in [4.69, 9.17) is 13.9 Å². The Balaban J connectivity index is 2.12. The molecule has 7 nitrogen and oxygen atoms in total. The molecule has 2 aromatic carbocycles. The molecule has 0 unspecified atom stereocenters. The first kappa shape index (κ1) is 29.1. The zero-order valence-electron chi connectivity index (χ0n) is 22.6. The van der Waals surface area contributed by atoms with E-state index in [-0.39, 0.29) is 30.2 Å². The maximum absolute atomic E-state index is 14.0. The van der Waals surface area contributed by atoms with Crippen LogP contribution in [0.3, 0.4) is 0 Å². The second-order valence-electron chi connectivity index (χ2n) is 11.0. The zero-order valence-corrected chi connectivity index (χ0v) is 22.6. The van der Waals surface area contributed by atoms with E-state index in [2.05, 4.69) is 0 Å². The van der Waals surface area contributed by atoms with Gasteiger partial charge < -0.3 is 24.2 Å². The van der Waals surface area contributed by atoms with Gasteiger partial charge in [-0.2, -0.15) is 0 Å². The molecule has 0 saturated heterocycles. The monoisotopic (exact) mass is 526 g/mol. The SMILES string of the molecule is Cc1cc(C)c(/C=C/[C@@](O)(Cc2oc(=O)oc2C(C)(C)C)C[C@@H](O)CC(=O)O)c(-c2ccc(F)c(C)c2)c1. The highest BCUT2D eigenvalue weighted by Crippen LogP contribution is 2.34. The van der Waals surface area contributed by atoms with Crippen molar-refractivity contribution in [2.24, 2.45) is 0 Å². The van der Waals surface area contributed by atoms with Gasteiger partial charge >= 0.3 is 11.8 Å².